The van der Waals surface area contributed by atoms with Gasteiger partial charge in [0.2, 0.25) is 0 Å². The van der Waals surface area contributed by atoms with E-state index in [4.69, 9.17) is 0 Å². The number of carbonyl (C=O) groups is 1. The van der Waals surface area contributed by atoms with Gasteiger partial charge in [0.15, 0.2) is 0 Å². The van der Waals surface area contributed by atoms with Crippen molar-refractivity contribution in [3.05, 3.63) is 12.3 Å². The number of rotatable bonds is 4. The summed E-state index contributed by atoms with van der Waals surface area (Å²) in [6.45, 7) is 3.98. The zero-order valence-electron chi connectivity index (χ0n) is 12.2. The maximum absolute atomic E-state index is 12.3. The molecule has 20 heavy (non-hydrogen) atoms. The van der Waals surface area contributed by atoms with Gasteiger partial charge < -0.3 is 10.6 Å². The smallest absolute Gasteiger partial charge is 0.266 e. The average Bonchev–Trinajstić information content (AvgIpc) is 3.18. The second-order valence-electron chi connectivity index (χ2n) is 7.66. The van der Waals surface area contributed by atoms with Crippen molar-refractivity contribution in [3.8, 4) is 0 Å². The van der Waals surface area contributed by atoms with Crippen LogP contribution in [-0.4, -0.2) is 18.0 Å². The maximum atomic E-state index is 12.3. The standard InChI is InChI=1S/C17H26N2O/c1-10(18-15-8-11-2-4-13(15)6-11)17(20)19-16-9-12-3-5-14(16)7-12/h11-16,18H,1-9H2,(H,19,20). The zero-order chi connectivity index (χ0) is 13.7. The molecular formula is C17H26N2O. The summed E-state index contributed by atoms with van der Waals surface area (Å²) in [5.41, 5.74) is 0.602. The monoisotopic (exact) mass is 274 g/mol. The predicted molar refractivity (Wildman–Crippen MR) is 78.9 cm³/mol. The fraction of sp³-hybridized carbons (Fsp3) is 0.824. The molecule has 110 valence electrons. The Morgan fingerprint density at radius 1 is 0.800 bits per heavy atom. The van der Waals surface area contributed by atoms with Crippen LogP contribution in [0.4, 0.5) is 0 Å². The highest BCUT2D eigenvalue weighted by Gasteiger charge is 2.42. The molecule has 3 nitrogen and oxygen atoms in total. The molecule has 4 saturated carbocycles. The third-order valence-electron chi connectivity index (χ3n) is 6.43. The molecule has 0 spiro atoms. The van der Waals surface area contributed by atoms with Crippen molar-refractivity contribution in [2.45, 2.75) is 63.5 Å². The molecule has 0 aromatic heterocycles. The number of amides is 1. The van der Waals surface area contributed by atoms with E-state index in [1.165, 1.54) is 51.4 Å². The summed E-state index contributed by atoms with van der Waals surface area (Å²) in [4.78, 5) is 12.3. The van der Waals surface area contributed by atoms with Gasteiger partial charge in [-0.3, -0.25) is 4.79 Å². The first kappa shape index (κ1) is 12.7. The lowest BCUT2D eigenvalue weighted by Gasteiger charge is -2.27. The summed E-state index contributed by atoms with van der Waals surface area (Å²) in [6.07, 6.45) is 10.5. The van der Waals surface area contributed by atoms with E-state index >= 15 is 0 Å². The lowest BCUT2D eigenvalue weighted by atomic mass is 9.94. The fourth-order valence-corrected chi connectivity index (χ4v) is 5.39. The molecule has 0 aromatic carbocycles. The highest BCUT2D eigenvalue weighted by atomic mass is 16.2. The number of hydrogen-bond acceptors (Lipinski definition) is 2. The zero-order valence-corrected chi connectivity index (χ0v) is 12.2. The minimum atomic E-state index is 0.0466. The normalized spacial score (nSPS) is 44.8. The third kappa shape index (κ3) is 2.15. The lowest BCUT2D eigenvalue weighted by Crippen LogP contribution is -2.44. The van der Waals surface area contributed by atoms with Crippen LogP contribution in [-0.2, 0) is 4.79 Å². The Balaban J connectivity index is 1.29. The average molecular weight is 274 g/mol. The van der Waals surface area contributed by atoms with Crippen molar-refractivity contribution in [2.75, 3.05) is 0 Å². The summed E-state index contributed by atoms with van der Waals surface area (Å²) in [5.74, 6) is 3.34. The van der Waals surface area contributed by atoms with Crippen molar-refractivity contribution in [1.82, 2.24) is 10.6 Å². The first-order valence-corrected chi connectivity index (χ1v) is 8.45. The first-order valence-electron chi connectivity index (χ1n) is 8.45. The Labute approximate surface area is 121 Å². The van der Waals surface area contributed by atoms with E-state index in [0.29, 0.717) is 17.8 Å². The van der Waals surface area contributed by atoms with Gasteiger partial charge in [0.05, 0.1) is 5.70 Å². The molecular weight excluding hydrogens is 248 g/mol. The van der Waals surface area contributed by atoms with E-state index in [2.05, 4.69) is 17.2 Å². The molecule has 4 aliphatic carbocycles. The molecule has 1 amide bonds. The van der Waals surface area contributed by atoms with Gasteiger partial charge >= 0.3 is 0 Å². The van der Waals surface area contributed by atoms with Crippen molar-refractivity contribution in [1.29, 1.82) is 0 Å². The molecule has 6 unspecified atom stereocenters. The van der Waals surface area contributed by atoms with Gasteiger partial charge in [0, 0.05) is 12.1 Å². The van der Waals surface area contributed by atoms with E-state index < -0.39 is 0 Å². The van der Waals surface area contributed by atoms with Gasteiger partial charge in [-0.2, -0.15) is 0 Å². The number of fused-ring (bicyclic) bond motifs is 4. The van der Waals surface area contributed by atoms with Crippen LogP contribution in [0.5, 0.6) is 0 Å². The van der Waals surface area contributed by atoms with Gasteiger partial charge in [0.1, 0.15) is 0 Å². The minimum Gasteiger partial charge on any atom is -0.378 e. The Bertz CT molecular complexity index is 393. The molecule has 0 aromatic rings. The molecule has 4 bridgehead atoms. The molecule has 0 heterocycles. The van der Waals surface area contributed by atoms with E-state index in [0.717, 1.165) is 23.7 Å². The molecule has 0 aliphatic heterocycles. The van der Waals surface area contributed by atoms with E-state index in [9.17, 15) is 4.79 Å². The lowest BCUT2D eigenvalue weighted by molar-refractivity contribution is -0.119. The second kappa shape index (κ2) is 4.78. The Kier molecular flexibility index (Phi) is 3.04. The van der Waals surface area contributed by atoms with Crippen LogP contribution in [0.1, 0.15) is 51.4 Å². The van der Waals surface area contributed by atoms with Gasteiger partial charge in [-0.25, -0.2) is 0 Å². The summed E-state index contributed by atoms with van der Waals surface area (Å²) in [6, 6.07) is 0.923. The first-order chi connectivity index (χ1) is 9.69. The van der Waals surface area contributed by atoms with Gasteiger partial charge in [-0.15, -0.1) is 0 Å². The summed E-state index contributed by atoms with van der Waals surface area (Å²) in [5, 5.41) is 6.65. The van der Waals surface area contributed by atoms with Crippen LogP contribution in [0.3, 0.4) is 0 Å². The molecule has 0 radical (unpaired) electrons. The second-order valence-corrected chi connectivity index (χ2v) is 7.66. The molecule has 4 aliphatic rings. The number of nitrogens with one attached hydrogen (secondary N) is 2. The number of carbonyl (C=O) groups excluding carboxylic acids is 1. The third-order valence-corrected chi connectivity index (χ3v) is 6.43. The molecule has 0 saturated heterocycles. The van der Waals surface area contributed by atoms with Crippen LogP contribution in [0.25, 0.3) is 0 Å². The van der Waals surface area contributed by atoms with Crippen LogP contribution >= 0.6 is 0 Å². The van der Waals surface area contributed by atoms with Crippen molar-refractivity contribution in [2.24, 2.45) is 23.7 Å². The van der Waals surface area contributed by atoms with Crippen LogP contribution in [0.2, 0.25) is 0 Å². The van der Waals surface area contributed by atoms with Crippen LogP contribution in [0, 0.1) is 23.7 Å². The Morgan fingerprint density at radius 2 is 1.35 bits per heavy atom. The summed E-state index contributed by atoms with van der Waals surface area (Å²) >= 11 is 0. The molecule has 4 fully saturated rings. The molecule has 6 atom stereocenters. The minimum absolute atomic E-state index is 0.0466. The topological polar surface area (TPSA) is 41.1 Å². The van der Waals surface area contributed by atoms with Crippen molar-refractivity contribution >= 4 is 5.91 Å². The van der Waals surface area contributed by atoms with Gasteiger partial charge in [-0.05, 0) is 62.2 Å². The summed E-state index contributed by atoms with van der Waals surface area (Å²) in [7, 11) is 0. The number of hydrogen-bond donors (Lipinski definition) is 2. The fourth-order valence-electron chi connectivity index (χ4n) is 5.39. The van der Waals surface area contributed by atoms with E-state index in [1.54, 1.807) is 0 Å². The Hall–Kier alpha value is -0.990. The Morgan fingerprint density at radius 3 is 1.80 bits per heavy atom. The van der Waals surface area contributed by atoms with E-state index in [-0.39, 0.29) is 5.91 Å². The highest BCUT2D eigenvalue weighted by molar-refractivity contribution is 5.92. The summed E-state index contributed by atoms with van der Waals surface area (Å²) < 4.78 is 0. The van der Waals surface area contributed by atoms with Gasteiger partial charge in [-0.1, -0.05) is 19.4 Å². The van der Waals surface area contributed by atoms with Crippen LogP contribution < -0.4 is 10.6 Å². The quantitative estimate of drug-likeness (QED) is 0.774. The van der Waals surface area contributed by atoms with E-state index in [1.807, 2.05) is 0 Å². The molecule has 3 heteroatoms. The van der Waals surface area contributed by atoms with Crippen molar-refractivity contribution < 1.29 is 4.79 Å². The van der Waals surface area contributed by atoms with Crippen LogP contribution in [0.15, 0.2) is 12.3 Å². The highest BCUT2D eigenvalue weighted by Crippen LogP contribution is 2.45. The van der Waals surface area contributed by atoms with Crippen molar-refractivity contribution in [3.63, 3.8) is 0 Å². The largest absolute Gasteiger partial charge is 0.378 e. The SMILES string of the molecule is C=C(NC1CC2CCC1C2)C(=O)NC1CC2CCC1C2. The maximum Gasteiger partial charge on any atom is 0.266 e. The molecule has 4 rings (SSSR count). The molecule has 2 N–H and O–H groups in total. The predicted octanol–water partition coefficient (Wildman–Crippen LogP) is 2.58. The van der Waals surface area contributed by atoms with Gasteiger partial charge in [0.25, 0.3) is 5.91 Å².